The Kier molecular flexibility index (Phi) is 13.8. The molecule has 0 aromatic heterocycles. The highest BCUT2D eigenvalue weighted by Gasteiger charge is 2.36. The second kappa shape index (κ2) is 15.1. The zero-order chi connectivity index (χ0) is 17.5. The molecule has 1 fully saturated rings. The van der Waals surface area contributed by atoms with E-state index in [1.165, 1.54) is 97.0 Å². The number of rotatable bonds is 17. The summed E-state index contributed by atoms with van der Waals surface area (Å²) in [4.78, 5) is 11.0. The van der Waals surface area contributed by atoms with Crippen molar-refractivity contribution >= 4 is 17.7 Å². The molecule has 0 N–H and O–H groups in total. The zero-order valence-corrected chi connectivity index (χ0v) is 17.0. The number of ether oxygens (including phenoxy) is 1. The maximum absolute atomic E-state index is 11.0. The number of thioether (sulfide) groups is 1. The summed E-state index contributed by atoms with van der Waals surface area (Å²) in [5.74, 6) is -0.0623. The van der Waals surface area contributed by atoms with Gasteiger partial charge in [0.25, 0.3) is 0 Å². The molecule has 1 aliphatic heterocycles. The number of carbonyl (C=O) groups is 1. The van der Waals surface area contributed by atoms with E-state index in [0.29, 0.717) is 6.42 Å². The summed E-state index contributed by atoms with van der Waals surface area (Å²) in [7, 11) is 1.47. The maximum atomic E-state index is 11.0. The van der Waals surface area contributed by atoms with Gasteiger partial charge in [0, 0.05) is 16.9 Å². The molecule has 1 heterocycles. The SMILES string of the molecule is CCCCCCCCCC1SC1CCCCCCCCC(=O)OC. The van der Waals surface area contributed by atoms with Crippen molar-refractivity contribution in [2.24, 2.45) is 0 Å². The van der Waals surface area contributed by atoms with E-state index >= 15 is 0 Å². The molecule has 1 aliphatic rings. The van der Waals surface area contributed by atoms with Crippen molar-refractivity contribution in [3.05, 3.63) is 0 Å². The third-order valence-electron chi connectivity index (χ3n) is 5.13. The minimum absolute atomic E-state index is 0.0623. The predicted molar refractivity (Wildman–Crippen MR) is 107 cm³/mol. The molecular formula is C21H40O2S. The lowest BCUT2D eigenvalue weighted by Gasteiger charge is -2.02. The molecule has 24 heavy (non-hydrogen) atoms. The van der Waals surface area contributed by atoms with Crippen LogP contribution in [0.5, 0.6) is 0 Å². The summed E-state index contributed by atoms with van der Waals surface area (Å²) in [6.07, 6.45) is 21.1. The van der Waals surface area contributed by atoms with E-state index in [2.05, 4.69) is 23.4 Å². The van der Waals surface area contributed by atoms with Gasteiger partial charge < -0.3 is 4.74 Å². The van der Waals surface area contributed by atoms with Crippen LogP contribution < -0.4 is 0 Å². The van der Waals surface area contributed by atoms with Gasteiger partial charge in [0.2, 0.25) is 0 Å². The van der Waals surface area contributed by atoms with E-state index < -0.39 is 0 Å². The number of hydrogen-bond acceptors (Lipinski definition) is 3. The highest BCUT2D eigenvalue weighted by Crippen LogP contribution is 2.47. The van der Waals surface area contributed by atoms with Crippen molar-refractivity contribution in [2.75, 3.05) is 7.11 Å². The average Bonchev–Trinajstić information content (AvgIpc) is 3.34. The Morgan fingerprint density at radius 3 is 1.71 bits per heavy atom. The number of methoxy groups -OCH3 is 1. The molecular weight excluding hydrogens is 316 g/mol. The van der Waals surface area contributed by atoms with Gasteiger partial charge in [-0.05, 0) is 19.3 Å². The predicted octanol–water partition coefficient (Wildman–Crippen LogP) is 6.90. The fraction of sp³-hybridized carbons (Fsp3) is 0.952. The van der Waals surface area contributed by atoms with E-state index in [1.54, 1.807) is 0 Å². The first kappa shape index (κ1) is 21.9. The van der Waals surface area contributed by atoms with Gasteiger partial charge >= 0.3 is 5.97 Å². The lowest BCUT2D eigenvalue weighted by Crippen LogP contribution is -1.99. The second-order valence-corrected chi connectivity index (χ2v) is 8.84. The monoisotopic (exact) mass is 356 g/mol. The molecule has 0 aromatic rings. The van der Waals surface area contributed by atoms with Crippen LogP contribution in [-0.4, -0.2) is 23.6 Å². The van der Waals surface area contributed by atoms with Crippen LogP contribution in [0.1, 0.15) is 110 Å². The molecule has 0 amide bonds. The first-order valence-corrected chi connectivity index (χ1v) is 11.4. The van der Waals surface area contributed by atoms with Crippen LogP contribution in [0.25, 0.3) is 0 Å². The molecule has 0 bridgehead atoms. The van der Waals surface area contributed by atoms with Crippen LogP contribution in [0.15, 0.2) is 0 Å². The summed E-state index contributed by atoms with van der Waals surface area (Å²) >= 11 is 2.23. The van der Waals surface area contributed by atoms with Gasteiger partial charge in [-0.1, -0.05) is 84.0 Å². The summed E-state index contributed by atoms with van der Waals surface area (Å²) < 4.78 is 4.65. The Morgan fingerprint density at radius 1 is 0.750 bits per heavy atom. The molecule has 0 aromatic carbocycles. The fourth-order valence-corrected chi connectivity index (χ4v) is 4.65. The largest absolute Gasteiger partial charge is 0.469 e. The van der Waals surface area contributed by atoms with E-state index in [4.69, 9.17) is 0 Å². The number of unbranched alkanes of at least 4 members (excludes halogenated alkanes) is 11. The number of hydrogen-bond donors (Lipinski definition) is 0. The van der Waals surface area contributed by atoms with Crippen LogP contribution in [0.4, 0.5) is 0 Å². The molecule has 0 radical (unpaired) electrons. The Bertz CT molecular complexity index is 306. The van der Waals surface area contributed by atoms with Crippen molar-refractivity contribution in [1.82, 2.24) is 0 Å². The Balaban J connectivity index is 1.75. The van der Waals surface area contributed by atoms with E-state index in [1.807, 2.05) is 0 Å². The molecule has 0 spiro atoms. The molecule has 2 atom stereocenters. The van der Waals surface area contributed by atoms with Crippen molar-refractivity contribution in [2.45, 2.75) is 120 Å². The maximum Gasteiger partial charge on any atom is 0.305 e. The fourth-order valence-electron chi connectivity index (χ4n) is 3.41. The normalized spacial score (nSPS) is 19.4. The van der Waals surface area contributed by atoms with Gasteiger partial charge in [-0.3, -0.25) is 4.79 Å². The van der Waals surface area contributed by atoms with E-state index in [0.717, 1.165) is 16.9 Å². The summed E-state index contributed by atoms with van der Waals surface area (Å²) in [5, 5.41) is 1.99. The lowest BCUT2D eigenvalue weighted by molar-refractivity contribution is -0.140. The van der Waals surface area contributed by atoms with Crippen molar-refractivity contribution in [1.29, 1.82) is 0 Å². The highest BCUT2D eigenvalue weighted by atomic mass is 32.2. The standard InChI is InChI=1S/C21H40O2S/c1-3-4-5-6-7-10-13-16-19-20(24-19)17-14-11-8-9-12-15-18-21(22)23-2/h19-20H,3-18H2,1-2H3. The van der Waals surface area contributed by atoms with Crippen LogP contribution >= 0.6 is 11.8 Å². The van der Waals surface area contributed by atoms with Gasteiger partial charge in [0.05, 0.1) is 7.11 Å². The first-order chi connectivity index (χ1) is 11.8. The van der Waals surface area contributed by atoms with Crippen molar-refractivity contribution in [3.63, 3.8) is 0 Å². The molecule has 2 unspecified atom stereocenters. The molecule has 1 saturated heterocycles. The average molecular weight is 357 g/mol. The van der Waals surface area contributed by atoms with E-state index in [9.17, 15) is 4.79 Å². The van der Waals surface area contributed by atoms with Gasteiger partial charge in [0.1, 0.15) is 0 Å². The van der Waals surface area contributed by atoms with Crippen LogP contribution in [0.2, 0.25) is 0 Å². The molecule has 2 nitrogen and oxygen atoms in total. The highest BCUT2D eigenvalue weighted by molar-refractivity contribution is 8.07. The van der Waals surface area contributed by atoms with Gasteiger partial charge in [0.15, 0.2) is 0 Å². The lowest BCUT2D eigenvalue weighted by atomic mass is 10.0. The van der Waals surface area contributed by atoms with Crippen molar-refractivity contribution < 1.29 is 9.53 Å². The zero-order valence-electron chi connectivity index (χ0n) is 16.2. The smallest absolute Gasteiger partial charge is 0.305 e. The third kappa shape index (κ3) is 12.2. The van der Waals surface area contributed by atoms with Gasteiger partial charge in [-0.25, -0.2) is 0 Å². The van der Waals surface area contributed by atoms with Gasteiger partial charge in [-0.15, -0.1) is 0 Å². The molecule has 142 valence electrons. The molecule has 1 rings (SSSR count). The summed E-state index contributed by atoms with van der Waals surface area (Å²) in [6.45, 7) is 2.29. The second-order valence-electron chi connectivity index (χ2n) is 7.36. The van der Waals surface area contributed by atoms with Crippen LogP contribution in [-0.2, 0) is 9.53 Å². The topological polar surface area (TPSA) is 26.3 Å². The minimum atomic E-state index is -0.0623. The Morgan fingerprint density at radius 2 is 1.21 bits per heavy atom. The first-order valence-electron chi connectivity index (χ1n) is 10.5. The number of carbonyl (C=O) groups excluding carboxylic acids is 1. The number of esters is 1. The summed E-state index contributed by atoms with van der Waals surface area (Å²) in [5.41, 5.74) is 0. The molecule has 0 saturated carbocycles. The van der Waals surface area contributed by atoms with Crippen molar-refractivity contribution in [3.8, 4) is 0 Å². The summed E-state index contributed by atoms with van der Waals surface area (Å²) in [6, 6.07) is 0. The minimum Gasteiger partial charge on any atom is -0.469 e. The molecule has 3 heteroatoms. The Hall–Kier alpha value is -0.180. The molecule has 0 aliphatic carbocycles. The quantitative estimate of drug-likeness (QED) is 0.161. The third-order valence-corrected chi connectivity index (χ3v) is 6.64. The van der Waals surface area contributed by atoms with Crippen LogP contribution in [0.3, 0.4) is 0 Å². The Labute approximate surface area is 154 Å². The van der Waals surface area contributed by atoms with Crippen LogP contribution in [0, 0.1) is 0 Å². The van der Waals surface area contributed by atoms with E-state index in [-0.39, 0.29) is 5.97 Å². The van der Waals surface area contributed by atoms with Gasteiger partial charge in [-0.2, -0.15) is 11.8 Å².